The summed E-state index contributed by atoms with van der Waals surface area (Å²) in [4.78, 5) is 18.6. The molecule has 1 saturated heterocycles. The highest BCUT2D eigenvalue weighted by Crippen LogP contribution is 2.25. The van der Waals surface area contributed by atoms with Crippen molar-refractivity contribution in [1.82, 2.24) is 19.6 Å². The Balaban J connectivity index is 1.37. The highest BCUT2D eigenvalue weighted by molar-refractivity contribution is 7.10. The van der Waals surface area contributed by atoms with Crippen molar-refractivity contribution in [3.05, 3.63) is 40.3 Å². The predicted molar refractivity (Wildman–Crippen MR) is 90.3 cm³/mol. The van der Waals surface area contributed by atoms with Crippen LogP contribution in [-0.2, 0) is 24.3 Å². The lowest BCUT2D eigenvalue weighted by Crippen LogP contribution is -2.45. The van der Waals surface area contributed by atoms with Gasteiger partial charge >= 0.3 is 0 Å². The lowest BCUT2D eigenvalue weighted by atomic mass is 10.1. The number of nitrogens with zero attached hydrogens (tertiary/aromatic N) is 4. The summed E-state index contributed by atoms with van der Waals surface area (Å²) in [6, 6.07) is 4.43. The molecule has 2 aromatic rings. The lowest BCUT2D eigenvalue weighted by molar-refractivity contribution is -0.133. The number of likely N-dealkylation sites (tertiary alicyclic amines) is 1. The molecule has 0 spiro atoms. The average molecular weight is 330 g/mol. The van der Waals surface area contributed by atoms with Crippen LogP contribution in [0.15, 0.2) is 29.9 Å². The quantitative estimate of drug-likeness (QED) is 0.861. The molecule has 2 aliphatic heterocycles. The summed E-state index contributed by atoms with van der Waals surface area (Å²) < 4.78 is 1.94. The molecule has 1 atom stereocenters. The van der Waals surface area contributed by atoms with Crippen LogP contribution in [-0.4, -0.2) is 51.2 Å². The van der Waals surface area contributed by atoms with Gasteiger partial charge in [0.05, 0.1) is 19.1 Å². The normalized spacial score (nSPS) is 21.6. The van der Waals surface area contributed by atoms with Gasteiger partial charge in [-0.1, -0.05) is 0 Å². The van der Waals surface area contributed by atoms with Crippen LogP contribution in [0.2, 0.25) is 0 Å². The Bertz CT molecular complexity index is 666. The van der Waals surface area contributed by atoms with Gasteiger partial charge in [-0.05, 0) is 42.3 Å². The largest absolute Gasteiger partial charge is 0.337 e. The monoisotopic (exact) mass is 330 g/mol. The molecular formula is C17H22N4OS. The number of carbonyl (C=O) groups excluding carboxylic acids is 1. The second-order valence-corrected chi connectivity index (χ2v) is 7.44. The summed E-state index contributed by atoms with van der Waals surface area (Å²) in [6.07, 6.45) is 7.04. The Labute approximate surface area is 140 Å². The number of hydrogen-bond donors (Lipinski definition) is 0. The summed E-state index contributed by atoms with van der Waals surface area (Å²) in [5, 5.41) is 6.44. The minimum atomic E-state index is 0.276. The summed E-state index contributed by atoms with van der Waals surface area (Å²) in [5.74, 6) is 0.276. The SMILES string of the molecule is O=C(CN1CCc2sccc2C1)N1CCC[C@@H]1Cn1cccn1. The molecule has 0 aliphatic carbocycles. The van der Waals surface area contributed by atoms with Gasteiger partial charge in [-0.15, -0.1) is 11.3 Å². The van der Waals surface area contributed by atoms with E-state index < -0.39 is 0 Å². The van der Waals surface area contributed by atoms with Gasteiger partial charge in [-0.2, -0.15) is 5.10 Å². The number of thiophene rings is 1. The lowest BCUT2D eigenvalue weighted by Gasteiger charge is -2.30. The molecule has 0 radical (unpaired) electrons. The number of rotatable bonds is 4. The van der Waals surface area contributed by atoms with E-state index in [9.17, 15) is 4.79 Å². The van der Waals surface area contributed by atoms with Crippen LogP contribution in [0.5, 0.6) is 0 Å². The van der Waals surface area contributed by atoms with Crippen molar-refractivity contribution in [3.63, 3.8) is 0 Å². The van der Waals surface area contributed by atoms with Crippen LogP contribution in [0, 0.1) is 0 Å². The molecule has 1 amide bonds. The molecule has 0 N–H and O–H groups in total. The van der Waals surface area contributed by atoms with Crippen LogP contribution in [0.25, 0.3) is 0 Å². The first-order valence-corrected chi connectivity index (χ1v) is 9.22. The Kier molecular flexibility index (Phi) is 4.18. The van der Waals surface area contributed by atoms with Gasteiger partial charge in [-0.3, -0.25) is 14.4 Å². The Morgan fingerprint density at radius 3 is 3.22 bits per heavy atom. The van der Waals surface area contributed by atoms with Gasteiger partial charge in [0.25, 0.3) is 0 Å². The van der Waals surface area contributed by atoms with Gasteiger partial charge in [0.2, 0.25) is 5.91 Å². The second kappa shape index (κ2) is 6.45. The number of carbonyl (C=O) groups is 1. The van der Waals surface area contributed by atoms with Crippen LogP contribution < -0.4 is 0 Å². The van der Waals surface area contributed by atoms with Crippen LogP contribution in [0.3, 0.4) is 0 Å². The molecule has 4 rings (SSSR count). The van der Waals surface area contributed by atoms with Gasteiger partial charge < -0.3 is 4.90 Å². The summed E-state index contributed by atoms with van der Waals surface area (Å²) in [6.45, 7) is 4.17. The minimum absolute atomic E-state index is 0.276. The van der Waals surface area contributed by atoms with Crippen LogP contribution in [0.4, 0.5) is 0 Å². The van der Waals surface area contributed by atoms with Crippen molar-refractivity contribution in [3.8, 4) is 0 Å². The first-order chi connectivity index (χ1) is 11.3. The fourth-order valence-corrected chi connectivity index (χ4v) is 4.59. The first kappa shape index (κ1) is 14.9. The third kappa shape index (κ3) is 3.19. The number of hydrogen-bond acceptors (Lipinski definition) is 4. The van der Waals surface area contributed by atoms with Crippen molar-refractivity contribution >= 4 is 17.2 Å². The fourth-order valence-electron chi connectivity index (χ4n) is 3.70. The van der Waals surface area contributed by atoms with E-state index >= 15 is 0 Å². The van der Waals surface area contributed by atoms with E-state index in [1.165, 1.54) is 10.4 Å². The highest BCUT2D eigenvalue weighted by atomic mass is 32.1. The fraction of sp³-hybridized carbons (Fsp3) is 0.529. The molecule has 6 heteroatoms. The Morgan fingerprint density at radius 2 is 2.35 bits per heavy atom. The molecule has 122 valence electrons. The maximum absolute atomic E-state index is 12.8. The topological polar surface area (TPSA) is 41.4 Å². The van der Waals surface area contributed by atoms with Crippen LogP contribution >= 0.6 is 11.3 Å². The van der Waals surface area contributed by atoms with Crippen molar-refractivity contribution < 1.29 is 4.79 Å². The van der Waals surface area contributed by atoms with E-state index in [0.29, 0.717) is 12.6 Å². The zero-order valence-electron chi connectivity index (χ0n) is 13.2. The molecular weight excluding hydrogens is 308 g/mol. The maximum atomic E-state index is 12.8. The van der Waals surface area contributed by atoms with E-state index in [1.807, 2.05) is 28.3 Å². The standard InChI is InChI=1S/C17H22N4OS/c22-17(13-19-9-4-16-14(11-19)5-10-23-16)21-8-1-3-15(21)12-20-7-2-6-18-20/h2,5-7,10,15H,1,3-4,8-9,11-13H2/t15-/m1/s1. The smallest absolute Gasteiger partial charge is 0.237 e. The highest BCUT2D eigenvalue weighted by Gasteiger charge is 2.30. The first-order valence-electron chi connectivity index (χ1n) is 8.34. The zero-order valence-corrected chi connectivity index (χ0v) is 14.0. The molecule has 5 nitrogen and oxygen atoms in total. The van der Waals surface area contributed by atoms with Crippen LogP contribution in [0.1, 0.15) is 23.3 Å². The van der Waals surface area contributed by atoms with Crippen molar-refractivity contribution in [2.24, 2.45) is 0 Å². The third-order valence-electron chi connectivity index (χ3n) is 4.90. The summed E-state index contributed by atoms with van der Waals surface area (Å²) in [5.41, 5.74) is 1.41. The van der Waals surface area contributed by atoms with E-state index in [1.54, 1.807) is 6.20 Å². The van der Waals surface area contributed by atoms with E-state index in [0.717, 1.165) is 45.4 Å². The van der Waals surface area contributed by atoms with Gasteiger partial charge in [-0.25, -0.2) is 0 Å². The maximum Gasteiger partial charge on any atom is 0.237 e. The predicted octanol–water partition coefficient (Wildman–Crippen LogP) is 1.99. The van der Waals surface area contributed by atoms with E-state index in [2.05, 4.69) is 26.3 Å². The summed E-state index contributed by atoms with van der Waals surface area (Å²) in [7, 11) is 0. The van der Waals surface area contributed by atoms with Crippen molar-refractivity contribution in [2.45, 2.75) is 38.4 Å². The molecule has 23 heavy (non-hydrogen) atoms. The average Bonchev–Trinajstić information content (AvgIpc) is 3.28. The van der Waals surface area contributed by atoms with E-state index in [-0.39, 0.29) is 5.91 Å². The minimum Gasteiger partial charge on any atom is -0.337 e. The molecule has 0 saturated carbocycles. The molecule has 4 heterocycles. The Hall–Kier alpha value is -1.66. The van der Waals surface area contributed by atoms with Gasteiger partial charge in [0.15, 0.2) is 0 Å². The molecule has 1 fully saturated rings. The third-order valence-corrected chi connectivity index (χ3v) is 5.92. The number of amides is 1. The number of aromatic nitrogens is 2. The van der Waals surface area contributed by atoms with Crippen molar-refractivity contribution in [1.29, 1.82) is 0 Å². The van der Waals surface area contributed by atoms with Gasteiger partial charge in [0, 0.05) is 36.9 Å². The Morgan fingerprint density at radius 1 is 1.39 bits per heavy atom. The van der Waals surface area contributed by atoms with E-state index in [4.69, 9.17) is 0 Å². The second-order valence-electron chi connectivity index (χ2n) is 6.44. The molecule has 0 unspecified atom stereocenters. The van der Waals surface area contributed by atoms with Crippen molar-refractivity contribution in [2.75, 3.05) is 19.6 Å². The zero-order chi connectivity index (χ0) is 15.6. The molecule has 2 aliphatic rings. The molecule has 0 bridgehead atoms. The van der Waals surface area contributed by atoms with Gasteiger partial charge in [0.1, 0.15) is 0 Å². The summed E-state index contributed by atoms with van der Waals surface area (Å²) >= 11 is 1.84. The molecule has 2 aromatic heterocycles. The molecule has 0 aromatic carbocycles. The number of fused-ring (bicyclic) bond motifs is 1.